The minimum absolute atomic E-state index is 0.211. The maximum absolute atomic E-state index is 11.4. The van der Waals surface area contributed by atoms with Gasteiger partial charge in [-0.05, 0) is 40.5 Å². The molecule has 1 amide bonds. The molecule has 17 heavy (non-hydrogen) atoms. The van der Waals surface area contributed by atoms with Crippen molar-refractivity contribution in [3.05, 3.63) is 40.3 Å². The lowest BCUT2D eigenvalue weighted by Crippen LogP contribution is -2.18. The molecule has 0 aliphatic rings. The zero-order valence-corrected chi connectivity index (χ0v) is 11.0. The number of pyridine rings is 1. The Morgan fingerprint density at radius 1 is 1.53 bits per heavy atom. The molecule has 0 saturated heterocycles. The summed E-state index contributed by atoms with van der Waals surface area (Å²) in [4.78, 5) is 15.6. The summed E-state index contributed by atoms with van der Waals surface area (Å²) in [6.07, 6.45) is 3.42. The van der Waals surface area contributed by atoms with Crippen LogP contribution in [-0.2, 0) is 0 Å². The number of nitrogens with one attached hydrogen (secondary N) is 1. The third-order valence-electron chi connectivity index (χ3n) is 2.32. The van der Waals surface area contributed by atoms with Crippen molar-refractivity contribution in [2.75, 3.05) is 7.05 Å². The molecule has 0 bridgehead atoms. The molecule has 88 valence electrons. The van der Waals surface area contributed by atoms with Gasteiger partial charge < -0.3 is 5.32 Å². The topological polar surface area (TPSA) is 59.8 Å². The molecule has 5 nitrogen and oxygen atoms in total. The van der Waals surface area contributed by atoms with E-state index in [-0.39, 0.29) is 5.91 Å². The van der Waals surface area contributed by atoms with E-state index in [4.69, 9.17) is 0 Å². The van der Waals surface area contributed by atoms with Crippen LogP contribution in [0, 0.1) is 6.92 Å². The monoisotopic (exact) mass is 294 g/mol. The van der Waals surface area contributed by atoms with Crippen molar-refractivity contribution in [2.24, 2.45) is 0 Å². The zero-order valence-electron chi connectivity index (χ0n) is 9.44. The van der Waals surface area contributed by atoms with Crippen LogP contribution in [-0.4, -0.2) is 27.7 Å². The highest BCUT2D eigenvalue weighted by Crippen LogP contribution is 2.16. The Kier molecular flexibility index (Phi) is 3.23. The molecule has 0 unspecified atom stereocenters. The van der Waals surface area contributed by atoms with Gasteiger partial charge in [-0.25, -0.2) is 9.67 Å². The highest BCUT2D eigenvalue weighted by molar-refractivity contribution is 9.10. The number of amides is 1. The Labute approximate surface area is 107 Å². The normalized spacial score (nSPS) is 10.3. The van der Waals surface area contributed by atoms with E-state index in [2.05, 4.69) is 31.3 Å². The van der Waals surface area contributed by atoms with Crippen LogP contribution in [0.1, 0.15) is 16.1 Å². The smallest absolute Gasteiger partial charge is 0.271 e. The first-order valence-corrected chi connectivity index (χ1v) is 5.81. The molecule has 0 aromatic carbocycles. The van der Waals surface area contributed by atoms with Crippen LogP contribution in [0.3, 0.4) is 0 Å². The number of aromatic nitrogens is 3. The molecule has 0 radical (unpaired) electrons. The molecule has 0 aliphatic heterocycles. The van der Waals surface area contributed by atoms with Gasteiger partial charge in [0.25, 0.3) is 5.91 Å². The van der Waals surface area contributed by atoms with Crippen molar-refractivity contribution >= 4 is 21.8 Å². The van der Waals surface area contributed by atoms with E-state index in [0.717, 1.165) is 10.0 Å². The van der Waals surface area contributed by atoms with Crippen LogP contribution in [0.15, 0.2) is 29.0 Å². The quantitative estimate of drug-likeness (QED) is 0.917. The van der Waals surface area contributed by atoms with E-state index in [1.165, 1.54) is 0 Å². The van der Waals surface area contributed by atoms with Crippen molar-refractivity contribution in [1.82, 2.24) is 20.1 Å². The van der Waals surface area contributed by atoms with Crippen molar-refractivity contribution in [2.45, 2.75) is 6.92 Å². The summed E-state index contributed by atoms with van der Waals surface area (Å²) in [6, 6.07) is 3.54. The van der Waals surface area contributed by atoms with E-state index < -0.39 is 0 Å². The van der Waals surface area contributed by atoms with E-state index in [9.17, 15) is 4.79 Å². The summed E-state index contributed by atoms with van der Waals surface area (Å²) in [7, 11) is 1.57. The Balaban J connectivity index is 2.37. The number of aryl methyl sites for hydroxylation is 1. The first-order chi connectivity index (χ1) is 8.11. The highest BCUT2D eigenvalue weighted by atomic mass is 79.9. The lowest BCUT2D eigenvalue weighted by atomic mass is 10.3. The van der Waals surface area contributed by atoms with Gasteiger partial charge in [0, 0.05) is 23.9 Å². The van der Waals surface area contributed by atoms with Gasteiger partial charge >= 0.3 is 0 Å². The number of hydrogen-bond donors (Lipinski definition) is 1. The largest absolute Gasteiger partial charge is 0.354 e. The predicted octanol–water partition coefficient (Wildman–Crippen LogP) is 1.70. The van der Waals surface area contributed by atoms with Crippen molar-refractivity contribution in [3.8, 4) is 5.82 Å². The SMILES string of the molecule is CNC(=O)c1ccn(-c2cc(C)c(Br)cn2)n1. The minimum Gasteiger partial charge on any atom is -0.354 e. The number of carbonyl (C=O) groups excluding carboxylic acids is 1. The second kappa shape index (κ2) is 4.67. The number of carbonyl (C=O) groups is 1. The van der Waals surface area contributed by atoms with E-state index in [1.807, 2.05) is 13.0 Å². The number of halogens is 1. The molecule has 6 heteroatoms. The molecule has 2 rings (SSSR count). The average Bonchev–Trinajstić information content (AvgIpc) is 2.81. The molecule has 0 spiro atoms. The molecule has 0 aliphatic carbocycles. The lowest BCUT2D eigenvalue weighted by Gasteiger charge is -2.02. The average molecular weight is 295 g/mol. The maximum atomic E-state index is 11.4. The number of hydrogen-bond acceptors (Lipinski definition) is 3. The molecule has 1 N–H and O–H groups in total. The van der Waals surface area contributed by atoms with Gasteiger partial charge in [0.05, 0.1) is 0 Å². The molecule has 0 atom stereocenters. The van der Waals surface area contributed by atoms with Crippen LogP contribution in [0.4, 0.5) is 0 Å². The van der Waals surface area contributed by atoms with Gasteiger partial charge in [0.1, 0.15) is 0 Å². The lowest BCUT2D eigenvalue weighted by molar-refractivity contribution is 0.0957. The summed E-state index contributed by atoms with van der Waals surface area (Å²) >= 11 is 3.39. The van der Waals surface area contributed by atoms with Gasteiger partial charge in [-0.1, -0.05) is 0 Å². The second-order valence-electron chi connectivity index (χ2n) is 3.52. The standard InChI is InChI=1S/C11H11BrN4O/c1-7-5-10(14-6-8(7)12)16-4-3-9(15-16)11(17)13-2/h3-6H,1-2H3,(H,13,17). The number of nitrogens with zero attached hydrogens (tertiary/aromatic N) is 3. The van der Waals surface area contributed by atoms with Crippen molar-refractivity contribution in [3.63, 3.8) is 0 Å². The van der Waals surface area contributed by atoms with Crippen LogP contribution < -0.4 is 5.32 Å². The Morgan fingerprint density at radius 2 is 2.29 bits per heavy atom. The van der Waals surface area contributed by atoms with Gasteiger partial charge in [0.2, 0.25) is 0 Å². The molecular formula is C11H11BrN4O. The molecular weight excluding hydrogens is 284 g/mol. The Bertz CT molecular complexity index is 564. The highest BCUT2D eigenvalue weighted by Gasteiger charge is 2.09. The minimum atomic E-state index is -0.211. The molecule has 2 heterocycles. The summed E-state index contributed by atoms with van der Waals surface area (Å²) in [6.45, 7) is 1.97. The van der Waals surface area contributed by atoms with Crippen LogP contribution in [0.5, 0.6) is 0 Å². The van der Waals surface area contributed by atoms with Gasteiger partial charge in [-0.3, -0.25) is 4.79 Å². The van der Waals surface area contributed by atoms with Crippen LogP contribution in [0.2, 0.25) is 0 Å². The molecule has 2 aromatic heterocycles. The summed E-state index contributed by atoms with van der Waals surface area (Å²) < 4.78 is 2.52. The summed E-state index contributed by atoms with van der Waals surface area (Å²) in [5, 5.41) is 6.67. The van der Waals surface area contributed by atoms with Gasteiger partial charge in [-0.2, -0.15) is 5.10 Å². The van der Waals surface area contributed by atoms with Crippen LogP contribution in [0.25, 0.3) is 5.82 Å². The third-order valence-corrected chi connectivity index (χ3v) is 3.15. The van der Waals surface area contributed by atoms with Crippen molar-refractivity contribution < 1.29 is 4.79 Å². The molecule has 0 fully saturated rings. The summed E-state index contributed by atoms with van der Waals surface area (Å²) in [5.41, 5.74) is 1.43. The van der Waals surface area contributed by atoms with Crippen LogP contribution >= 0.6 is 15.9 Å². The maximum Gasteiger partial charge on any atom is 0.271 e. The zero-order chi connectivity index (χ0) is 12.4. The first-order valence-electron chi connectivity index (χ1n) is 5.02. The van der Waals surface area contributed by atoms with E-state index in [0.29, 0.717) is 11.5 Å². The fraction of sp³-hybridized carbons (Fsp3) is 0.182. The molecule has 2 aromatic rings. The first kappa shape index (κ1) is 11.8. The van der Waals surface area contributed by atoms with Gasteiger partial charge in [-0.15, -0.1) is 0 Å². The Hall–Kier alpha value is -1.69. The fourth-order valence-corrected chi connectivity index (χ4v) is 1.57. The fourth-order valence-electron chi connectivity index (χ4n) is 1.35. The third kappa shape index (κ3) is 2.36. The van der Waals surface area contributed by atoms with E-state index in [1.54, 1.807) is 30.2 Å². The van der Waals surface area contributed by atoms with Gasteiger partial charge in [0.15, 0.2) is 11.5 Å². The summed E-state index contributed by atoms with van der Waals surface area (Å²) in [5.74, 6) is 0.471. The predicted molar refractivity (Wildman–Crippen MR) is 67.2 cm³/mol. The second-order valence-corrected chi connectivity index (χ2v) is 4.37. The van der Waals surface area contributed by atoms with E-state index >= 15 is 0 Å². The molecule has 0 saturated carbocycles. The number of rotatable bonds is 2. The van der Waals surface area contributed by atoms with Crippen molar-refractivity contribution in [1.29, 1.82) is 0 Å². The Morgan fingerprint density at radius 3 is 2.94 bits per heavy atom.